The number of hydrogen-bond acceptors (Lipinski definition) is 4. The van der Waals surface area contributed by atoms with E-state index in [2.05, 4.69) is 52.6 Å². The van der Waals surface area contributed by atoms with Gasteiger partial charge in [0.25, 0.3) is 0 Å². The summed E-state index contributed by atoms with van der Waals surface area (Å²) in [6, 6.07) is 10.3. The van der Waals surface area contributed by atoms with Gasteiger partial charge in [0.15, 0.2) is 6.79 Å². The summed E-state index contributed by atoms with van der Waals surface area (Å²) in [6.45, 7) is 14.2. The van der Waals surface area contributed by atoms with Crippen LogP contribution in [-0.2, 0) is 11.2 Å². The molecule has 34 heavy (non-hydrogen) atoms. The van der Waals surface area contributed by atoms with E-state index < -0.39 is 14.0 Å². The lowest BCUT2D eigenvalue weighted by atomic mass is 9.96. The molecule has 5 nitrogen and oxygen atoms in total. The van der Waals surface area contributed by atoms with Gasteiger partial charge < -0.3 is 19.3 Å². The molecular weight excluding hydrogens is 444 g/mol. The van der Waals surface area contributed by atoms with Crippen LogP contribution in [-0.4, -0.2) is 39.7 Å². The van der Waals surface area contributed by atoms with Gasteiger partial charge in [0.1, 0.15) is 17.1 Å². The fraction of sp³-hybridized carbons (Fsp3) is 0.393. The fourth-order valence-electron chi connectivity index (χ4n) is 3.35. The molecule has 6 heteroatoms. The number of ether oxygens (including phenoxy) is 3. The number of aromatic carboxylic acids is 1. The maximum absolute atomic E-state index is 11.4. The molecule has 1 N–H and O–H groups in total. The molecule has 0 bridgehead atoms. The van der Waals surface area contributed by atoms with Crippen molar-refractivity contribution in [2.24, 2.45) is 0 Å². The summed E-state index contributed by atoms with van der Waals surface area (Å²) in [4.78, 5) is 11.4. The average Bonchev–Trinajstić information content (AvgIpc) is 2.75. The first kappa shape index (κ1) is 27.4. The third kappa shape index (κ3) is 8.84. The van der Waals surface area contributed by atoms with Gasteiger partial charge in [-0.25, -0.2) is 4.79 Å². The Balaban J connectivity index is 2.28. The van der Waals surface area contributed by atoms with Crippen molar-refractivity contribution < 1.29 is 24.1 Å². The van der Waals surface area contributed by atoms with E-state index in [4.69, 9.17) is 14.2 Å². The van der Waals surface area contributed by atoms with E-state index >= 15 is 0 Å². The molecule has 2 aromatic carbocycles. The van der Waals surface area contributed by atoms with E-state index in [1.165, 1.54) is 18.2 Å². The zero-order chi connectivity index (χ0) is 25.3. The van der Waals surface area contributed by atoms with Gasteiger partial charge in [0.2, 0.25) is 0 Å². The summed E-state index contributed by atoms with van der Waals surface area (Å²) in [6.07, 6.45) is 7.03. The van der Waals surface area contributed by atoms with Crippen LogP contribution in [0.5, 0.6) is 11.5 Å². The predicted octanol–water partition coefficient (Wildman–Crippen LogP) is 7.07. The Hall–Kier alpha value is -2.83. The summed E-state index contributed by atoms with van der Waals surface area (Å²) in [7, 11) is 0.348. The van der Waals surface area contributed by atoms with Gasteiger partial charge in [-0.3, -0.25) is 0 Å². The molecule has 2 aromatic rings. The number of carboxylic acid groups (broad SMARTS) is 1. The topological polar surface area (TPSA) is 65.0 Å². The highest BCUT2D eigenvalue weighted by Gasteiger charge is 2.13. The highest BCUT2D eigenvalue weighted by atomic mass is 28.3. The molecule has 2 rings (SSSR count). The highest BCUT2D eigenvalue weighted by Crippen LogP contribution is 2.27. The number of benzene rings is 2. The van der Waals surface area contributed by atoms with Crippen molar-refractivity contribution >= 4 is 26.2 Å². The highest BCUT2D eigenvalue weighted by molar-refractivity contribution is 6.76. The second-order valence-corrected chi connectivity index (χ2v) is 15.5. The quantitative estimate of drug-likeness (QED) is 0.115. The molecule has 0 aromatic heterocycles. The molecule has 0 heterocycles. The average molecular weight is 483 g/mol. The maximum atomic E-state index is 11.4. The summed E-state index contributed by atoms with van der Waals surface area (Å²) in [5, 5.41) is 9.32. The summed E-state index contributed by atoms with van der Waals surface area (Å²) >= 11 is 0. The molecular formula is C28H38O5Si. The lowest BCUT2D eigenvalue weighted by Crippen LogP contribution is -2.22. The summed E-state index contributed by atoms with van der Waals surface area (Å²) in [5.74, 6) is 0.0944. The third-order valence-corrected chi connectivity index (χ3v) is 7.12. The Morgan fingerprint density at radius 3 is 2.44 bits per heavy atom. The minimum Gasteiger partial charge on any atom is -0.496 e. The van der Waals surface area contributed by atoms with Crippen molar-refractivity contribution in [3.8, 4) is 11.5 Å². The van der Waals surface area contributed by atoms with E-state index in [9.17, 15) is 9.90 Å². The summed E-state index contributed by atoms with van der Waals surface area (Å²) in [5.41, 5.74) is 5.68. The Bertz CT molecular complexity index is 1040. The van der Waals surface area contributed by atoms with Crippen molar-refractivity contribution in [2.75, 3.05) is 20.5 Å². The lowest BCUT2D eigenvalue weighted by Gasteiger charge is -2.16. The van der Waals surface area contributed by atoms with E-state index in [1.54, 1.807) is 18.2 Å². The van der Waals surface area contributed by atoms with Gasteiger partial charge in [-0.05, 0) is 79.8 Å². The van der Waals surface area contributed by atoms with Crippen LogP contribution in [0.2, 0.25) is 25.7 Å². The van der Waals surface area contributed by atoms with Crippen LogP contribution in [0.15, 0.2) is 42.0 Å². The zero-order valence-electron chi connectivity index (χ0n) is 21.5. The largest absolute Gasteiger partial charge is 0.496 e. The van der Waals surface area contributed by atoms with Gasteiger partial charge in [0, 0.05) is 14.7 Å². The molecule has 0 saturated carbocycles. The van der Waals surface area contributed by atoms with Crippen molar-refractivity contribution in [1.29, 1.82) is 0 Å². The monoisotopic (exact) mass is 482 g/mol. The molecule has 0 spiro atoms. The molecule has 0 aliphatic rings. The Morgan fingerprint density at radius 1 is 1.09 bits per heavy atom. The smallest absolute Gasteiger partial charge is 0.339 e. The van der Waals surface area contributed by atoms with Crippen molar-refractivity contribution in [3.05, 3.63) is 69.8 Å². The minimum absolute atomic E-state index is 0.143. The van der Waals surface area contributed by atoms with E-state index in [0.717, 1.165) is 34.9 Å². The second kappa shape index (κ2) is 12.6. The molecule has 184 valence electrons. The van der Waals surface area contributed by atoms with Crippen molar-refractivity contribution in [2.45, 2.75) is 52.9 Å². The number of methoxy groups -OCH3 is 1. The molecule has 0 radical (unpaired) electrons. The normalized spacial score (nSPS) is 11.5. The minimum atomic E-state index is -1.13. The number of carboxylic acids is 1. The molecule has 0 amide bonds. The maximum Gasteiger partial charge on any atom is 0.339 e. The van der Waals surface area contributed by atoms with E-state index in [0.29, 0.717) is 12.4 Å². The molecule has 0 aliphatic carbocycles. The molecule has 0 saturated heterocycles. The van der Waals surface area contributed by atoms with Crippen LogP contribution in [0.1, 0.15) is 46.5 Å². The zero-order valence-corrected chi connectivity index (χ0v) is 22.5. The molecule has 0 atom stereocenters. The standard InChI is InChI=1S/C28H38O5Si/c1-20(2)8-12-25-21(3)16-24(33-19-32-14-15-34(5,6)7)18-23(25)11-9-22-10-13-26(28(29)30)27(17-22)31-4/h8-11,13,16-18H,12,14-15,19H2,1-7H3,(H,29,30)/b11-9+. The number of hydrogen-bond donors (Lipinski definition) is 1. The Kier molecular flexibility index (Phi) is 10.1. The number of allylic oxidation sites excluding steroid dienone is 2. The van der Waals surface area contributed by atoms with Crippen LogP contribution in [0, 0.1) is 6.92 Å². The number of rotatable bonds is 12. The fourth-order valence-corrected chi connectivity index (χ4v) is 4.11. The summed E-state index contributed by atoms with van der Waals surface area (Å²) < 4.78 is 16.9. The van der Waals surface area contributed by atoms with Crippen LogP contribution >= 0.6 is 0 Å². The molecule has 0 unspecified atom stereocenters. The van der Waals surface area contributed by atoms with Crippen LogP contribution in [0.3, 0.4) is 0 Å². The Morgan fingerprint density at radius 2 is 1.82 bits per heavy atom. The molecule has 0 aliphatic heterocycles. The van der Waals surface area contributed by atoms with E-state index in [1.807, 2.05) is 18.2 Å². The van der Waals surface area contributed by atoms with Gasteiger partial charge in [-0.15, -0.1) is 0 Å². The third-order valence-electron chi connectivity index (χ3n) is 5.41. The van der Waals surface area contributed by atoms with Gasteiger partial charge >= 0.3 is 5.97 Å². The Labute approximate surface area is 205 Å². The van der Waals surface area contributed by atoms with Gasteiger partial charge in [0.05, 0.1) is 7.11 Å². The SMILES string of the molecule is COc1cc(/C=C/c2cc(OCOCC[Si](C)(C)C)cc(C)c2CC=C(C)C)ccc1C(=O)O. The molecule has 0 fully saturated rings. The first-order valence-corrected chi connectivity index (χ1v) is 15.3. The van der Waals surface area contributed by atoms with Crippen LogP contribution in [0.4, 0.5) is 0 Å². The first-order valence-electron chi connectivity index (χ1n) is 11.6. The van der Waals surface area contributed by atoms with Gasteiger partial charge in [-0.1, -0.05) is 49.5 Å². The van der Waals surface area contributed by atoms with Crippen LogP contribution in [0.25, 0.3) is 12.2 Å². The van der Waals surface area contributed by atoms with Crippen LogP contribution < -0.4 is 9.47 Å². The number of carbonyl (C=O) groups is 1. The second-order valence-electron chi connectivity index (χ2n) is 9.87. The van der Waals surface area contributed by atoms with Gasteiger partial charge in [-0.2, -0.15) is 0 Å². The lowest BCUT2D eigenvalue weighted by molar-refractivity contribution is 0.0220. The van der Waals surface area contributed by atoms with E-state index in [-0.39, 0.29) is 12.4 Å². The first-order chi connectivity index (χ1) is 16.0. The van der Waals surface area contributed by atoms with Crippen molar-refractivity contribution in [1.82, 2.24) is 0 Å². The van der Waals surface area contributed by atoms with Crippen molar-refractivity contribution in [3.63, 3.8) is 0 Å². The number of aryl methyl sites for hydroxylation is 1. The predicted molar refractivity (Wildman–Crippen MR) is 143 cm³/mol.